The van der Waals surface area contributed by atoms with Gasteiger partial charge < -0.3 is 35.5 Å². The molecule has 3 aromatic rings. The smallest absolute Gasteiger partial charge is 0.406 e. The second-order valence-corrected chi connectivity index (χ2v) is 11.4. The van der Waals surface area contributed by atoms with Crippen LogP contribution in [-0.4, -0.2) is 89.3 Å². The van der Waals surface area contributed by atoms with E-state index >= 15 is 0 Å². The quantitative estimate of drug-likeness (QED) is 0.0888. The van der Waals surface area contributed by atoms with Gasteiger partial charge in [-0.05, 0) is 109 Å². The molecule has 12 heteroatoms. The second kappa shape index (κ2) is 22.2. The fraction of sp³-hybridized carbons (Fsp3) is 0.500. The van der Waals surface area contributed by atoms with Gasteiger partial charge in [-0.25, -0.2) is 0 Å². The van der Waals surface area contributed by atoms with Gasteiger partial charge in [0.25, 0.3) is 0 Å². The first-order valence-corrected chi connectivity index (χ1v) is 16.5. The van der Waals surface area contributed by atoms with Crippen molar-refractivity contribution in [1.82, 2.24) is 20.1 Å². The molecule has 0 bridgehead atoms. The minimum absolute atomic E-state index is 0.207. The first-order valence-electron chi connectivity index (χ1n) is 15.3. The summed E-state index contributed by atoms with van der Waals surface area (Å²) >= 11 is 1.59. The summed E-state index contributed by atoms with van der Waals surface area (Å²) in [6.07, 6.45) is 1.74. The first-order chi connectivity index (χ1) is 22.0. The van der Waals surface area contributed by atoms with E-state index < -0.39 is 12.7 Å². The average Bonchev–Trinajstić information content (AvgIpc) is 3.37. The second-order valence-electron chi connectivity index (χ2n) is 10.5. The number of carbonyl (C=O) groups is 1. The maximum absolute atomic E-state index is 13.2. The minimum Gasteiger partial charge on any atom is -0.495 e. The zero-order chi connectivity index (χ0) is 34.5. The van der Waals surface area contributed by atoms with Crippen molar-refractivity contribution in [3.8, 4) is 17.6 Å². The highest BCUT2D eigenvalue weighted by molar-refractivity contribution is 7.98. The molecule has 8 nitrogen and oxygen atoms in total. The third-order valence-electron chi connectivity index (χ3n) is 6.80. The largest absolute Gasteiger partial charge is 0.495 e. The van der Waals surface area contributed by atoms with Crippen molar-refractivity contribution < 1.29 is 22.7 Å². The van der Waals surface area contributed by atoms with Crippen LogP contribution < -0.4 is 26.0 Å². The number of nitrogens with one attached hydrogen (secondary N) is 4. The molecular weight excluding hydrogens is 613 g/mol. The summed E-state index contributed by atoms with van der Waals surface area (Å²) in [5.41, 5.74) is 1.71. The Morgan fingerprint density at radius 3 is 2.37 bits per heavy atom. The lowest BCUT2D eigenvalue weighted by Gasteiger charge is -2.12. The average molecular weight is 665 g/mol. The number of fused-ring (bicyclic) bond motifs is 1. The highest BCUT2D eigenvalue weighted by Crippen LogP contribution is 2.31. The van der Waals surface area contributed by atoms with Crippen LogP contribution in [0.3, 0.4) is 0 Å². The van der Waals surface area contributed by atoms with Crippen LogP contribution in [0.4, 0.5) is 24.5 Å². The van der Waals surface area contributed by atoms with Crippen LogP contribution in [0.2, 0.25) is 0 Å². The van der Waals surface area contributed by atoms with Gasteiger partial charge >= 0.3 is 6.18 Å². The molecule has 1 aromatic heterocycles. The number of amides is 1. The van der Waals surface area contributed by atoms with E-state index in [0.29, 0.717) is 34.8 Å². The van der Waals surface area contributed by atoms with Crippen LogP contribution in [0, 0.1) is 11.8 Å². The molecule has 46 heavy (non-hydrogen) atoms. The first kappa shape index (κ1) is 40.7. The number of thioether (sulfide) groups is 1. The van der Waals surface area contributed by atoms with Crippen molar-refractivity contribution in [2.45, 2.75) is 56.8 Å². The van der Waals surface area contributed by atoms with Gasteiger partial charge in [-0.15, -0.1) is 11.8 Å². The van der Waals surface area contributed by atoms with Crippen molar-refractivity contribution in [1.29, 1.82) is 0 Å². The molecule has 0 aliphatic rings. The Balaban J connectivity index is 0.000000584. The highest BCUT2D eigenvalue weighted by atomic mass is 32.2. The number of rotatable bonds is 14. The Morgan fingerprint density at radius 1 is 1.11 bits per heavy atom. The summed E-state index contributed by atoms with van der Waals surface area (Å²) in [6, 6.07) is 12.7. The lowest BCUT2D eigenvalue weighted by molar-refractivity contribution is -0.140. The van der Waals surface area contributed by atoms with Gasteiger partial charge in [0.05, 0.1) is 30.6 Å². The molecule has 0 aliphatic carbocycles. The number of hydrogen-bond donors (Lipinski definition) is 4. The standard InChI is InChI=1S/C22H20F3N3O2S.C7H18N2.C5H13N/c1-30-21-12-16(31-2)8-9-19(21)26-10-4-5-15-11-17-18(27-14-29)6-3-7-20(17)28(15)13-22(23,24)25;1-4-7(9-3)5-6-8-2;1-4-5-6(2)3/h3,6-9,11-12,14,26H,10,13H2,1-2H3,(H,27,29);7-9H,4-6H2,1-3H3;4-5H2,1-3H3. The van der Waals surface area contributed by atoms with Crippen molar-refractivity contribution >= 4 is 40.4 Å². The maximum Gasteiger partial charge on any atom is 0.406 e. The fourth-order valence-electron chi connectivity index (χ4n) is 4.46. The van der Waals surface area contributed by atoms with Crippen LogP contribution in [0.1, 0.15) is 38.8 Å². The number of methoxy groups -OCH3 is 1. The van der Waals surface area contributed by atoms with E-state index in [1.165, 1.54) is 25.8 Å². The van der Waals surface area contributed by atoms with Crippen LogP contribution in [0.5, 0.6) is 5.75 Å². The topological polar surface area (TPSA) is 82.6 Å². The van der Waals surface area contributed by atoms with Gasteiger partial charge in [0.2, 0.25) is 6.41 Å². The molecule has 0 radical (unpaired) electrons. The Morgan fingerprint density at radius 2 is 1.85 bits per heavy atom. The molecule has 0 aliphatic heterocycles. The SMILES string of the molecule is CCC(CCNC)NC.CCCN(C)C.COc1cc(SC)ccc1NCC#Cc1cc2c(NC=O)cccc2n1CC(F)(F)F. The summed E-state index contributed by atoms with van der Waals surface area (Å²) < 4.78 is 46.0. The number of halogens is 3. The lowest BCUT2D eigenvalue weighted by atomic mass is 10.1. The molecule has 2 aromatic carbocycles. The van der Waals surface area contributed by atoms with Crippen molar-refractivity contribution in [2.75, 3.05) is 71.8 Å². The molecule has 0 saturated carbocycles. The molecule has 0 fully saturated rings. The van der Waals surface area contributed by atoms with E-state index in [2.05, 4.69) is 66.0 Å². The van der Waals surface area contributed by atoms with Gasteiger partial charge in [0, 0.05) is 22.0 Å². The van der Waals surface area contributed by atoms with Gasteiger partial charge in [0.15, 0.2) is 0 Å². The Hall–Kier alpha value is -3.37. The van der Waals surface area contributed by atoms with E-state index in [4.69, 9.17) is 4.74 Å². The van der Waals surface area contributed by atoms with E-state index in [1.807, 2.05) is 38.6 Å². The third kappa shape index (κ3) is 14.8. The van der Waals surface area contributed by atoms with Crippen LogP contribution in [0.15, 0.2) is 47.4 Å². The van der Waals surface area contributed by atoms with Crippen molar-refractivity contribution in [3.05, 3.63) is 48.2 Å². The predicted octanol–water partition coefficient (Wildman–Crippen LogP) is 6.52. The van der Waals surface area contributed by atoms with Crippen molar-refractivity contribution in [2.24, 2.45) is 0 Å². The summed E-state index contributed by atoms with van der Waals surface area (Å²) in [5.74, 6) is 6.34. The molecule has 1 atom stereocenters. The molecular formula is C34H51F3N6O2S. The third-order valence-corrected chi connectivity index (χ3v) is 7.53. The van der Waals surface area contributed by atoms with Crippen LogP contribution >= 0.6 is 11.8 Å². The van der Waals surface area contributed by atoms with Gasteiger partial charge in [-0.3, -0.25) is 4.79 Å². The van der Waals surface area contributed by atoms with Crippen LogP contribution in [-0.2, 0) is 11.3 Å². The number of benzene rings is 2. The summed E-state index contributed by atoms with van der Waals surface area (Å²) in [6.45, 7) is 5.74. The van der Waals surface area contributed by atoms with Gasteiger partial charge in [-0.1, -0.05) is 25.8 Å². The van der Waals surface area contributed by atoms with E-state index in [0.717, 1.165) is 21.7 Å². The molecule has 3 rings (SSSR count). The van der Waals surface area contributed by atoms with Gasteiger partial charge in [-0.2, -0.15) is 13.2 Å². The number of alkyl halides is 3. The Labute approximate surface area is 277 Å². The van der Waals surface area contributed by atoms with E-state index in [9.17, 15) is 18.0 Å². The van der Waals surface area contributed by atoms with Crippen LogP contribution in [0.25, 0.3) is 10.9 Å². The molecule has 0 spiro atoms. The van der Waals surface area contributed by atoms with E-state index in [1.54, 1.807) is 43.1 Å². The Bertz CT molecular complexity index is 1360. The number of nitrogens with zero attached hydrogens (tertiary/aromatic N) is 2. The number of hydrogen-bond acceptors (Lipinski definition) is 7. The molecule has 1 heterocycles. The number of aromatic nitrogens is 1. The zero-order valence-corrected chi connectivity index (χ0v) is 29.2. The molecule has 256 valence electrons. The maximum atomic E-state index is 13.2. The number of carbonyl (C=O) groups excluding carboxylic acids is 1. The molecule has 1 unspecified atom stereocenters. The van der Waals surface area contributed by atoms with E-state index in [-0.39, 0.29) is 12.2 Å². The van der Waals surface area contributed by atoms with Gasteiger partial charge in [0.1, 0.15) is 12.3 Å². The minimum atomic E-state index is -4.42. The molecule has 0 saturated heterocycles. The summed E-state index contributed by atoms with van der Waals surface area (Å²) in [5, 5.41) is 12.5. The number of anilines is 2. The fourth-order valence-corrected chi connectivity index (χ4v) is 4.89. The predicted molar refractivity (Wildman–Crippen MR) is 188 cm³/mol. The summed E-state index contributed by atoms with van der Waals surface area (Å²) in [7, 11) is 9.75. The Kier molecular flexibility index (Phi) is 19.6. The molecule has 4 N–H and O–H groups in total. The lowest BCUT2D eigenvalue weighted by Crippen LogP contribution is -2.27. The summed E-state index contributed by atoms with van der Waals surface area (Å²) in [4.78, 5) is 14.1. The highest BCUT2D eigenvalue weighted by Gasteiger charge is 2.29. The number of ether oxygens (including phenoxy) is 1. The monoisotopic (exact) mass is 664 g/mol. The molecule has 1 amide bonds. The van der Waals surface area contributed by atoms with Crippen molar-refractivity contribution in [3.63, 3.8) is 0 Å². The zero-order valence-electron chi connectivity index (χ0n) is 28.4. The normalized spacial score (nSPS) is 11.4.